The topological polar surface area (TPSA) is 121 Å². The zero-order valence-electron chi connectivity index (χ0n) is 26.2. The molecular weight excluding hydrogens is 695 g/mol. The van der Waals surface area contributed by atoms with Gasteiger partial charge in [0.05, 0.1) is 32.5 Å². The van der Waals surface area contributed by atoms with Crippen LogP contribution in [-0.2, 0) is 10.0 Å². The Morgan fingerprint density at radius 1 is 0.918 bits per heavy atom. The van der Waals surface area contributed by atoms with E-state index in [9.17, 15) is 8.42 Å². The van der Waals surface area contributed by atoms with Crippen LogP contribution in [0.15, 0.2) is 78.2 Å². The molecule has 3 aromatic carbocycles. The molecule has 0 aliphatic carbocycles. The van der Waals surface area contributed by atoms with Gasteiger partial charge in [0, 0.05) is 19.1 Å². The Morgan fingerprint density at radius 2 is 1.69 bits per heavy atom. The molecule has 2 N–H and O–H groups in total. The fourth-order valence-electron chi connectivity index (χ4n) is 6.00. The van der Waals surface area contributed by atoms with Crippen LogP contribution in [0.25, 0.3) is 27.9 Å². The number of sulfonamides is 1. The summed E-state index contributed by atoms with van der Waals surface area (Å²) in [6, 6.07) is 15.9. The number of rotatable bonds is 8. The van der Waals surface area contributed by atoms with Gasteiger partial charge in [-0.1, -0.05) is 35.3 Å². The molecule has 1 fully saturated rings. The van der Waals surface area contributed by atoms with Gasteiger partial charge in [-0.05, 0) is 75.5 Å². The summed E-state index contributed by atoms with van der Waals surface area (Å²) in [5, 5.41) is 2.42. The van der Waals surface area contributed by atoms with Crippen molar-refractivity contribution in [1.82, 2.24) is 29.4 Å². The highest BCUT2D eigenvalue weighted by molar-refractivity contribution is 7.92. The van der Waals surface area contributed by atoms with Gasteiger partial charge in [-0.3, -0.25) is 9.29 Å². The van der Waals surface area contributed by atoms with Gasteiger partial charge in [-0.2, -0.15) is 0 Å². The average Bonchev–Trinajstić information content (AvgIpc) is 3.53. The Bertz CT molecular complexity index is 2330. The number of halogens is 4. The number of anilines is 4. The first-order valence-electron chi connectivity index (χ1n) is 15.2. The van der Waals surface area contributed by atoms with Crippen molar-refractivity contribution >= 4 is 78.2 Å². The van der Waals surface area contributed by atoms with Crippen molar-refractivity contribution in [2.75, 3.05) is 42.1 Å². The summed E-state index contributed by atoms with van der Waals surface area (Å²) in [5.41, 5.74) is 2.15. The maximum absolute atomic E-state index is 15.8. The maximum atomic E-state index is 15.8. The SMILES string of the molecule is CN(C)C1CCN(c2cccc3c2ncn3-c2ccc3ncnc(Nc4c(F)ccc(NS(=O)(=O)c5cccc(Cl)c5Cl)c4F)c3n2)CC1. The van der Waals surface area contributed by atoms with Crippen LogP contribution in [0.2, 0.25) is 10.0 Å². The normalized spacial score (nSPS) is 14.2. The fourth-order valence-corrected chi connectivity index (χ4v) is 7.82. The van der Waals surface area contributed by atoms with E-state index in [1.165, 1.54) is 24.5 Å². The number of hydrogen-bond donors (Lipinski definition) is 2. The number of nitrogens with zero attached hydrogens (tertiary/aromatic N) is 7. The first-order chi connectivity index (χ1) is 23.5. The van der Waals surface area contributed by atoms with E-state index in [1.54, 1.807) is 18.5 Å². The highest BCUT2D eigenvalue weighted by Crippen LogP contribution is 2.35. The Hall–Kier alpha value is -4.63. The van der Waals surface area contributed by atoms with E-state index in [0.717, 1.165) is 54.8 Å². The van der Waals surface area contributed by atoms with E-state index < -0.39 is 33.0 Å². The summed E-state index contributed by atoms with van der Waals surface area (Å²) >= 11 is 12.1. The zero-order chi connectivity index (χ0) is 34.4. The maximum Gasteiger partial charge on any atom is 0.263 e. The Labute approximate surface area is 290 Å². The van der Waals surface area contributed by atoms with Gasteiger partial charge in [0.2, 0.25) is 0 Å². The fraction of sp³-hybridized carbons (Fsp3) is 0.212. The number of aromatic nitrogens is 5. The Balaban J connectivity index is 1.21. The molecule has 11 nitrogen and oxygen atoms in total. The lowest BCUT2D eigenvalue weighted by Crippen LogP contribution is -2.42. The monoisotopic (exact) mass is 723 g/mol. The minimum Gasteiger partial charge on any atom is -0.370 e. The molecule has 0 spiro atoms. The van der Waals surface area contributed by atoms with Gasteiger partial charge in [0.1, 0.15) is 45.9 Å². The molecule has 3 aromatic heterocycles. The number of benzene rings is 3. The van der Waals surface area contributed by atoms with Gasteiger partial charge >= 0.3 is 0 Å². The quantitative estimate of drug-likeness (QED) is 0.171. The van der Waals surface area contributed by atoms with Crippen molar-refractivity contribution < 1.29 is 17.2 Å². The summed E-state index contributed by atoms with van der Waals surface area (Å²) in [4.78, 5) is 22.2. The zero-order valence-corrected chi connectivity index (χ0v) is 28.5. The molecule has 0 atom stereocenters. The smallest absolute Gasteiger partial charge is 0.263 e. The molecule has 49 heavy (non-hydrogen) atoms. The average molecular weight is 725 g/mol. The van der Waals surface area contributed by atoms with E-state index in [1.807, 2.05) is 16.7 Å². The number of imidazole rings is 1. The first kappa shape index (κ1) is 32.9. The molecule has 1 aliphatic rings. The molecule has 7 rings (SSSR count). The van der Waals surface area contributed by atoms with E-state index in [-0.39, 0.29) is 26.3 Å². The number of hydrogen-bond acceptors (Lipinski definition) is 9. The van der Waals surface area contributed by atoms with Crippen LogP contribution >= 0.6 is 23.2 Å². The van der Waals surface area contributed by atoms with Gasteiger partial charge in [-0.15, -0.1) is 0 Å². The number of fused-ring (bicyclic) bond motifs is 2. The van der Waals surface area contributed by atoms with Crippen LogP contribution in [-0.4, -0.2) is 71.0 Å². The third-order valence-electron chi connectivity index (χ3n) is 8.59. The van der Waals surface area contributed by atoms with E-state index in [2.05, 4.69) is 50.0 Å². The molecule has 0 bridgehead atoms. The molecule has 1 aliphatic heterocycles. The van der Waals surface area contributed by atoms with Crippen LogP contribution in [0.4, 0.5) is 31.7 Å². The molecule has 0 saturated carbocycles. The van der Waals surface area contributed by atoms with Crippen molar-refractivity contribution in [2.24, 2.45) is 0 Å². The lowest BCUT2D eigenvalue weighted by molar-refractivity contribution is 0.250. The number of pyridine rings is 1. The van der Waals surface area contributed by atoms with Crippen molar-refractivity contribution in [3.8, 4) is 5.82 Å². The summed E-state index contributed by atoms with van der Waals surface area (Å²) < 4.78 is 61.0. The molecule has 6 aromatic rings. The van der Waals surface area contributed by atoms with Crippen molar-refractivity contribution in [2.45, 2.75) is 23.8 Å². The van der Waals surface area contributed by atoms with Gasteiger partial charge in [-0.25, -0.2) is 37.1 Å². The van der Waals surface area contributed by atoms with E-state index in [4.69, 9.17) is 33.2 Å². The number of piperidine rings is 1. The summed E-state index contributed by atoms with van der Waals surface area (Å²) in [6.07, 6.45) is 5.03. The second-order valence-corrected chi connectivity index (χ2v) is 14.2. The summed E-state index contributed by atoms with van der Waals surface area (Å²) in [6.45, 7) is 1.83. The van der Waals surface area contributed by atoms with Crippen LogP contribution in [0, 0.1) is 11.6 Å². The van der Waals surface area contributed by atoms with Crippen LogP contribution in [0.3, 0.4) is 0 Å². The number of nitrogens with one attached hydrogen (secondary N) is 2. The largest absolute Gasteiger partial charge is 0.370 e. The summed E-state index contributed by atoms with van der Waals surface area (Å²) in [7, 11) is -0.177. The Kier molecular flexibility index (Phi) is 8.73. The molecule has 0 unspecified atom stereocenters. The molecule has 0 amide bonds. The first-order valence-corrected chi connectivity index (χ1v) is 17.5. The minimum absolute atomic E-state index is 0.00146. The second-order valence-electron chi connectivity index (χ2n) is 11.8. The van der Waals surface area contributed by atoms with E-state index >= 15 is 8.78 Å². The molecule has 0 radical (unpaired) electrons. The predicted molar refractivity (Wildman–Crippen MR) is 188 cm³/mol. The predicted octanol–water partition coefficient (Wildman–Crippen LogP) is 7.02. The highest BCUT2D eigenvalue weighted by atomic mass is 35.5. The lowest BCUT2D eigenvalue weighted by Gasteiger charge is -2.36. The van der Waals surface area contributed by atoms with Gasteiger partial charge < -0.3 is 15.1 Å². The van der Waals surface area contributed by atoms with Crippen LogP contribution in [0.5, 0.6) is 0 Å². The Morgan fingerprint density at radius 3 is 2.47 bits per heavy atom. The highest BCUT2D eigenvalue weighted by Gasteiger charge is 2.25. The van der Waals surface area contributed by atoms with Crippen molar-refractivity contribution in [3.63, 3.8) is 0 Å². The van der Waals surface area contributed by atoms with Crippen LogP contribution in [0.1, 0.15) is 12.8 Å². The van der Waals surface area contributed by atoms with Crippen LogP contribution < -0.4 is 14.9 Å². The number of para-hydroxylation sites is 1. The molecule has 252 valence electrons. The summed E-state index contributed by atoms with van der Waals surface area (Å²) in [5.74, 6) is -1.73. The molecule has 16 heteroatoms. The van der Waals surface area contributed by atoms with Gasteiger partial charge in [0.25, 0.3) is 10.0 Å². The molecular formula is C33H29Cl2F2N9O2S. The van der Waals surface area contributed by atoms with Gasteiger partial charge in [0.15, 0.2) is 11.6 Å². The second kappa shape index (κ2) is 13.0. The van der Waals surface area contributed by atoms with Crippen molar-refractivity contribution in [1.29, 1.82) is 0 Å². The standard InChI is InChI=1S/C33H29Cl2F2N9O2S/c1-44(2)19-13-15-45(16-14-19)24-6-4-7-25-32(24)40-18-46(25)27-12-11-23-31(41-27)33(39-17-38-23)42-30-21(36)9-10-22(29(30)37)43-49(47,48)26-8-3-5-20(34)28(26)35/h3-12,17-19,43H,13-16H2,1-2H3,(H,38,39,42). The lowest BCUT2D eigenvalue weighted by atomic mass is 10.0. The third kappa shape index (κ3) is 6.21. The van der Waals surface area contributed by atoms with E-state index in [0.29, 0.717) is 17.4 Å². The third-order valence-corrected chi connectivity index (χ3v) is 10.9. The molecule has 4 heterocycles. The molecule has 1 saturated heterocycles. The van der Waals surface area contributed by atoms with Crippen molar-refractivity contribution in [3.05, 3.63) is 95.0 Å². The minimum atomic E-state index is -4.40.